The summed E-state index contributed by atoms with van der Waals surface area (Å²) in [4.78, 5) is 17.3. The molecule has 0 saturated carbocycles. The third-order valence-electron chi connectivity index (χ3n) is 4.83. The maximum atomic E-state index is 13.1. The minimum Gasteiger partial charge on any atom is -0.490 e. The lowest BCUT2D eigenvalue weighted by atomic mass is 10.1. The van der Waals surface area contributed by atoms with Crippen LogP contribution in [0.1, 0.15) is 23.6 Å². The van der Waals surface area contributed by atoms with Crippen LogP contribution < -0.4 is 14.8 Å². The molecule has 174 valence electrons. The molecule has 1 aliphatic rings. The maximum Gasteiger partial charge on any atom is 0.264 e. The quantitative estimate of drug-likeness (QED) is 0.336. The number of hydrogen-bond donors (Lipinski definition) is 1. The molecule has 0 aromatic heterocycles. The van der Waals surface area contributed by atoms with Crippen LogP contribution in [-0.2, 0) is 11.4 Å². The zero-order valence-corrected chi connectivity index (χ0v) is 21.0. The summed E-state index contributed by atoms with van der Waals surface area (Å²) in [6.07, 6.45) is 1.77. The molecular formula is C26H22BrFN2O3S. The molecular weight excluding hydrogens is 519 g/mol. The number of carbonyl (C=O) groups excluding carboxylic acids is 1. The van der Waals surface area contributed by atoms with Gasteiger partial charge in [0.1, 0.15) is 12.4 Å². The van der Waals surface area contributed by atoms with Crippen molar-refractivity contribution >= 4 is 50.5 Å². The maximum absolute atomic E-state index is 13.1. The molecule has 5 nitrogen and oxygen atoms in total. The van der Waals surface area contributed by atoms with Gasteiger partial charge in [-0.3, -0.25) is 4.79 Å². The van der Waals surface area contributed by atoms with Gasteiger partial charge in [-0.25, -0.2) is 9.38 Å². The van der Waals surface area contributed by atoms with Crippen LogP contribution >= 0.6 is 27.7 Å². The van der Waals surface area contributed by atoms with Crippen molar-refractivity contribution in [2.75, 3.05) is 6.61 Å². The van der Waals surface area contributed by atoms with Gasteiger partial charge >= 0.3 is 0 Å². The van der Waals surface area contributed by atoms with Crippen LogP contribution in [0.3, 0.4) is 0 Å². The van der Waals surface area contributed by atoms with Crippen LogP contribution in [-0.4, -0.2) is 17.7 Å². The molecule has 0 atom stereocenters. The molecule has 1 fully saturated rings. The molecule has 1 amide bonds. The fraction of sp³-hybridized carbons (Fsp3) is 0.154. The molecule has 0 spiro atoms. The average molecular weight is 541 g/mol. The molecule has 8 heteroatoms. The Kier molecular flexibility index (Phi) is 7.70. The van der Waals surface area contributed by atoms with Crippen molar-refractivity contribution < 1.29 is 18.7 Å². The van der Waals surface area contributed by atoms with E-state index in [0.29, 0.717) is 40.5 Å². The van der Waals surface area contributed by atoms with E-state index >= 15 is 0 Å². The number of aryl methyl sites for hydroxylation is 1. The van der Waals surface area contributed by atoms with Gasteiger partial charge in [0.05, 0.1) is 17.2 Å². The Balaban J connectivity index is 1.55. The average Bonchev–Trinajstić information content (AvgIpc) is 3.15. The first-order chi connectivity index (χ1) is 16.4. The van der Waals surface area contributed by atoms with Gasteiger partial charge < -0.3 is 14.8 Å². The third kappa shape index (κ3) is 6.07. The van der Waals surface area contributed by atoms with Crippen molar-refractivity contribution in [3.8, 4) is 11.5 Å². The summed E-state index contributed by atoms with van der Waals surface area (Å²) in [7, 11) is 0. The summed E-state index contributed by atoms with van der Waals surface area (Å²) in [6.45, 7) is 4.84. The van der Waals surface area contributed by atoms with Crippen molar-refractivity contribution in [2.45, 2.75) is 20.5 Å². The Morgan fingerprint density at radius 1 is 1.09 bits per heavy atom. The van der Waals surface area contributed by atoms with E-state index < -0.39 is 0 Å². The normalized spacial score (nSPS) is 15.6. The van der Waals surface area contributed by atoms with Crippen molar-refractivity contribution in [3.63, 3.8) is 0 Å². The number of nitrogens with one attached hydrogen (secondary N) is 1. The summed E-state index contributed by atoms with van der Waals surface area (Å²) in [5.41, 5.74) is 3.56. The Morgan fingerprint density at radius 3 is 2.59 bits per heavy atom. The first kappa shape index (κ1) is 24.0. The van der Waals surface area contributed by atoms with Gasteiger partial charge in [-0.2, -0.15) is 0 Å². The molecule has 4 rings (SSSR count). The van der Waals surface area contributed by atoms with Gasteiger partial charge in [0, 0.05) is 4.47 Å². The zero-order chi connectivity index (χ0) is 24.1. The number of amides is 1. The predicted molar refractivity (Wildman–Crippen MR) is 138 cm³/mol. The number of benzene rings is 3. The van der Waals surface area contributed by atoms with Crippen molar-refractivity contribution in [1.29, 1.82) is 0 Å². The molecule has 3 aromatic rings. The highest BCUT2D eigenvalue weighted by Gasteiger charge is 2.24. The Morgan fingerprint density at radius 2 is 1.85 bits per heavy atom. The molecule has 34 heavy (non-hydrogen) atoms. The van der Waals surface area contributed by atoms with Crippen molar-refractivity contribution in [1.82, 2.24) is 5.32 Å². The van der Waals surface area contributed by atoms with E-state index in [1.54, 1.807) is 18.2 Å². The van der Waals surface area contributed by atoms with Crippen LogP contribution in [0.25, 0.3) is 6.08 Å². The second-order valence-electron chi connectivity index (χ2n) is 7.49. The molecule has 3 aromatic carbocycles. The molecule has 0 bridgehead atoms. The van der Waals surface area contributed by atoms with E-state index in [0.717, 1.165) is 15.6 Å². The monoisotopic (exact) mass is 540 g/mol. The third-order valence-corrected chi connectivity index (χ3v) is 6.43. The zero-order valence-electron chi connectivity index (χ0n) is 18.6. The number of nitrogens with zero attached hydrogens (tertiary/aromatic N) is 1. The van der Waals surface area contributed by atoms with E-state index in [2.05, 4.69) is 32.3 Å². The summed E-state index contributed by atoms with van der Waals surface area (Å²) >= 11 is 4.80. The molecule has 1 N–H and O–H groups in total. The van der Waals surface area contributed by atoms with Gasteiger partial charge in [-0.1, -0.05) is 45.8 Å². The SMILES string of the molecule is CCOc1cc(/C=C2/SC(=Nc3ccc(F)cc3)NC2=O)c(Br)cc1OCc1cccc(C)c1. The predicted octanol–water partition coefficient (Wildman–Crippen LogP) is 6.77. The largest absolute Gasteiger partial charge is 0.490 e. The second-order valence-corrected chi connectivity index (χ2v) is 9.37. The molecule has 1 aliphatic heterocycles. The number of amidine groups is 1. The molecule has 0 unspecified atom stereocenters. The number of rotatable bonds is 7. The van der Waals surface area contributed by atoms with E-state index in [4.69, 9.17) is 9.47 Å². The Bertz CT molecular complexity index is 1280. The number of ether oxygens (including phenoxy) is 2. The summed E-state index contributed by atoms with van der Waals surface area (Å²) in [5, 5.41) is 3.17. The van der Waals surface area contributed by atoms with Crippen LogP contribution in [0, 0.1) is 12.7 Å². The van der Waals surface area contributed by atoms with E-state index in [9.17, 15) is 9.18 Å². The van der Waals surface area contributed by atoms with Gasteiger partial charge in [0.15, 0.2) is 16.7 Å². The van der Waals surface area contributed by atoms with Crippen molar-refractivity contribution in [3.05, 3.63) is 92.5 Å². The second kappa shape index (κ2) is 10.9. The molecule has 0 aliphatic carbocycles. The topological polar surface area (TPSA) is 59.9 Å². The summed E-state index contributed by atoms with van der Waals surface area (Å²) in [5.74, 6) is 0.609. The van der Waals surface area contributed by atoms with Crippen LogP contribution in [0.5, 0.6) is 11.5 Å². The summed E-state index contributed by atoms with van der Waals surface area (Å²) in [6, 6.07) is 17.6. The highest BCUT2D eigenvalue weighted by Crippen LogP contribution is 2.37. The molecule has 1 heterocycles. The lowest BCUT2D eigenvalue weighted by Gasteiger charge is -2.14. The van der Waals surface area contributed by atoms with E-state index in [-0.39, 0.29) is 11.7 Å². The number of carbonyl (C=O) groups is 1. The number of aliphatic imine (C=N–C) groups is 1. The molecule has 0 radical (unpaired) electrons. The standard InChI is InChI=1S/C26H22BrFN2O3S/c1-3-32-22-12-18(21(27)14-23(22)33-15-17-6-4-5-16(2)11-17)13-24-25(31)30-26(34-24)29-20-9-7-19(28)8-10-20/h4-14H,3,15H2,1-2H3,(H,29,30,31)/b24-13+. The first-order valence-electron chi connectivity index (χ1n) is 10.6. The highest BCUT2D eigenvalue weighted by atomic mass is 79.9. The minimum atomic E-state index is -0.339. The number of halogens is 2. The Hall–Kier alpha value is -3.10. The van der Waals surface area contributed by atoms with Crippen molar-refractivity contribution in [2.24, 2.45) is 4.99 Å². The Labute approximate surface area is 210 Å². The lowest BCUT2D eigenvalue weighted by Crippen LogP contribution is -2.19. The summed E-state index contributed by atoms with van der Waals surface area (Å²) < 4.78 is 25.7. The van der Waals surface area contributed by atoms with Crippen LogP contribution in [0.2, 0.25) is 0 Å². The fourth-order valence-electron chi connectivity index (χ4n) is 3.26. The molecule has 1 saturated heterocycles. The van der Waals surface area contributed by atoms with Gasteiger partial charge in [-0.15, -0.1) is 0 Å². The fourth-order valence-corrected chi connectivity index (χ4v) is 4.53. The van der Waals surface area contributed by atoms with E-state index in [1.807, 2.05) is 44.2 Å². The van der Waals surface area contributed by atoms with Gasteiger partial charge in [-0.05, 0) is 79.2 Å². The van der Waals surface area contributed by atoms with Gasteiger partial charge in [0.25, 0.3) is 5.91 Å². The van der Waals surface area contributed by atoms with Crippen LogP contribution in [0.15, 0.2) is 75.0 Å². The van der Waals surface area contributed by atoms with E-state index in [1.165, 1.54) is 29.5 Å². The lowest BCUT2D eigenvalue weighted by molar-refractivity contribution is -0.115. The van der Waals surface area contributed by atoms with Gasteiger partial charge in [0.2, 0.25) is 0 Å². The highest BCUT2D eigenvalue weighted by molar-refractivity contribution is 9.10. The number of thioether (sulfide) groups is 1. The first-order valence-corrected chi connectivity index (χ1v) is 12.2. The number of hydrogen-bond acceptors (Lipinski definition) is 5. The smallest absolute Gasteiger partial charge is 0.264 e. The minimum absolute atomic E-state index is 0.254. The van der Waals surface area contributed by atoms with Crippen LogP contribution in [0.4, 0.5) is 10.1 Å².